The highest BCUT2D eigenvalue weighted by Gasteiger charge is 2.27. The van der Waals surface area contributed by atoms with Gasteiger partial charge in [-0.15, -0.1) is 0 Å². The summed E-state index contributed by atoms with van der Waals surface area (Å²) in [5.41, 5.74) is 10.1. The molecule has 2 heterocycles. The Balaban J connectivity index is 1.80. The van der Waals surface area contributed by atoms with Crippen LogP contribution in [0.3, 0.4) is 0 Å². The molecule has 2 aromatic rings. The molecule has 0 saturated carbocycles. The minimum Gasteiger partial charge on any atom is -0.493 e. The highest BCUT2D eigenvalue weighted by Crippen LogP contribution is 2.35. The van der Waals surface area contributed by atoms with Crippen LogP contribution in [0.4, 0.5) is 0 Å². The minimum absolute atomic E-state index is 0.0927. The highest BCUT2D eigenvalue weighted by atomic mass is 16.5. The number of nitrogens with two attached hydrogens (primary N) is 1. The number of benzene rings is 1. The van der Waals surface area contributed by atoms with Gasteiger partial charge in [-0.1, -0.05) is 25.1 Å². The Morgan fingerprint density at radius 3 is 3.00 bits per heavy atom. The zero-order chi connectivity index (χ0) is 14.8. The largest absolute Gasteiger partial charge is 0.493 e. The van der Waals surface area contributed by atoms with Gasteiger partial charge in [0.05, 0.1) is 12.3 Å². The lowest BCUT2D eigenvalue weighted by Gasteiger charge is -2.30. The van der Waals surface area contributed by atoms with Gasteiger partial charge >= 0.3 is 0 Å². The van der Waals surface area contributed by atoms with Crippen molar-refractivity contribution in [3.63, 3.8) is 0 Å². The maximum Gasteiger partial charge on any atom is 0.122 e. The van der Waals surface area contributed by atoms with E-state index in [9.17, 15) is 0 Å². The molecule has 2 unspecified atom stereocenters. The van der Waals surface area contributed by atoms with E-state index in [4.69, 9.17) is 10.5 Å². The highest BCUT2D eigenvalue weighted by molar-refractivity contribution is 5.38. The first kappa shape index (κ1) is 14.1. The smallest absolute Gasteiger partial charge is 0.122 e. The standard InChI is InChI=1S/C17H23N3O/c1-3-12-10-13(20(2)19-12)11-16(18)14-8-9-21-17-7-5-4-6-15(14)17/h4-7,10,14,16H,3,8-9,11,18H2,1-2H3. The van der Waals surface area contributed by atoms with Gasteiger partial charge in [-0.2, -0.15) is 5.10 Å². The molecular weight excluding hydrogens is 262 g/mol. The molecule has 4 heteroatoms. The molecule has 0 fully saturated rings. The van der Waals surface area contributed by atoms with Crippen molar-refractivity contribution in [2.75, 3.05) is 6.61 Å². The predicted octanol–water partition coefficient (Wildman–Crippen LogP) is 2.42. The van der Waals surface area contributed by atoms with Crippen LogP contribution in [0.25, 0.3) is 0 Å². The number of para-hydroxylation sites is 1. The first-order valence-electron chi connectivity index (χ1n) is 7.68. The van der Waals surface area contributed by atoms with E-state index >= 15 is 0 Å². The van der Waals surface area contributed by atoms with E-state index in [0.29, 0.717) is 5.92 Å². The van der Waals surface area contributed by atoms with Gasteiger partial charge in [0.15, 0.2) is 0 Å². The number of aryl methyl sites for hydroxylation is 2. The number of hydrogen-bond donors (Lipinski definition) is 1. The first-order chi connectivity index (χ1) is 10.2. The van der Waals surface area contributed by atoms with Crippen molar-refractivity contribution in [3.05, 3.63) is 47.3 Å². The van der Waals surface area contributed by atoms with Crippen LogP contribution in [0.5, 0.6) is 5.75 Å². The molecule has 0 saturated heterocycles. The Morgan fingerprint density at radius 1 is 1.43 bits per heavy atom. The number of nitrogens with zero attached hydrogens (tertiary/aromatic N) is 2. The van der Waals surface area contributed by atoms with Crippen molar-refractivity contribution in [2.45, 2.75) is 38.1 Å². The quantitative estimate of drug-likeness (QED) is 0.938. The second-order valence-electron chi connectivity index (χ2n) is 5.75. The Kier molecular flexibility index (Phi) is 3.97. The van der Waals surface area contributed by atoms with Crippen LogP contribution in [-0.4, -0.2) is 22.4 Å². The SMILES string of the molecule is CCc1cc(CC(N)C2CCOc3ccccc32)n(C)n1. The van der Waals surface area contributed by atoms with Crippen LogP contribution in [-0.2, 0) is 19.9 Å². The lowest BCUT2D eigenvalue weighted by Crippen LogP contribution is -2.34. The lowest BCUT2D eigenvalue weighted by molar-refractivity contribution is 0.254. The molecule has 0 radical (unpaired) electrons. The summed E-state index contributed by atoms with van der Waals surface area (Å²) in [6.45, 7) is 2.88. The molecule has 0 aliphatic carbocycles. The molecule has 2 N–H and O–H groups in total. The number of ether oxygens (including phenoxy) is 1. The summed E-state index contributed by atoms with van der Waals surface area (Å²) in [5.74, 6) is 1.35. The molecule has 1 aliphatic heterocycles. The lowest BCUT2D eigenvalue weighted by atomic mass is 9.85. The average Bonchev–Trinajstić information content (AvgIpc) is 2.87. The summed E-state index contributed by atoms with van der Waals surface area (Å²) in [6, 6.07) is 10.5. The van der Waals surface area contributed by atoms with Crippen LogP contribution in [0.15, 0.2) is 30.3 Å². The first-order valence-corrected chi connectivity index (χ1v) is 7.68. The van der Waals surface area contributed by atoms with E-state index in [1.54, 1.807) is 0 Å². The topological polar surface area (TPSA) is 53.1 Å². The minimum atomic E-state index is 0.0927. The molecule has 1 aromatic heterocycles. The summed E-state index contributed by atoms with van der Waals surface area (Å²) < 4.78 is 7.69. The van der Waals surface area contributed by atoms with Crippen molar-refractivity contribution >= 4 is 0 Å². The Morgan fingerprint density at radius 2 is 2.24 bits per heavy atom. The van der Waals surface area contributed by atoms with Crippen molar-refractivity contribution in [2.24, 2.45) is 12.8 Å². The monoisotopic (exact) mass is 285 g/mol. The fourth-order valence-electron chi connectivity index (χ4n) is 3.13. The third-order valence-electron chi connectivity index (χ3n) is 4.36. The van der Waals surface area contributed by atoms with Gasteiger partial charge < -0.3 is 10.5 Å². The number of aromatic nitrogens is 2. The van der Waals surface area contributed by atoms with Crippen molar-refractivity contribution in [3.8, 4) is 5.75 Å². The predicted molar refractivity (Wildman–Crippen MR) is 83.6 cm³/mol. The molecule has 4 nitrogen and oxygen atoms in total. The van der Waals surface area contributed by atoms with E-state index in [2.05, 4.69) is 30.2 Å². The van der Waals surface area contributed by atoms with Gasteiger partial charge in [0.25, 0.3) is 0 Å². The Bertz CT molecular complexity index is 620. The maximum absolute atomic E-state index is 6.52. The maximum atomic E-state index is 6.52. The van der Waals surface area contributed by atoms with Crippen LogP contribution in [0.1, 0.15) is 36.2 Å². The average molecular weight is 285 g/mol. The molecule has 2 atom stereocenters. The normalized spacial score (nSPS) is 18.9. The third kappa shape index (κ3) is 2.81. The van der Waals surface area contributed by atoms with Crippen LogP contribution < -0.4 is 10.5 Å². The number of fused-ring (bicyclic) bond motifs is 1. The van der Waals surface area contributed by atoms with Gasteiger partial charge in [0, 0.05) is 31.1 Å². The summed E-state index contributed by atoms with van der Waals surface area (Å²) in [7, 11) is 2.00. The zero-order valence-electron chi connectivity index (χ0n) is 12.7. The van der Waals surface area contributed by atoms with E-state index in [0.717, 1.165) is 37.3 Å². The van der Waals surface area contributed by atoms with Gasteiger partial charge in [0.2, 0.25) is 0 Å². The van der Waals surface area contributed by atoms with Gasteiger partial charge in [0.1, 0.15) is 5.75 Å². The Hall–Kier alpha value is -1.81. The van der Waals surface area contributed by atoms with Crippen LogP contribution in [0, 0.1) is 0 Å². The molecule has 0 bridgehead atoms. The summed E-state index contributed by atoms with van der Waals surface area (Å²) in [4.78, 5) is 0. The fraction of sp³-hybridized carbons (Fsp3) is 0.471. The molecule has 3 rings (SSSR count). The molecule has 0 amide bonds. The van der Waals surface area contributed by atoms with E-state index in [-0.39, 0.29) is 6.04 Å². The summed E-state index contributed by atoms with van der Waals surface area (Å²) in [5, 5.41) is 4.51. The zero-order valence-corrected chi connectivity index (χ0v) is 12.7. The van der Waals surface area contributed by atoms with Gasteiger partial charge in [-0.05, 0) is 30.5 Å². The molecule has 1 aromatic carbocycles. The summed E-state index contributed by atoms with van der Waals surface area (Å²) >= 11 is 0. The van der Waals surface area contributed by atoms with Gasteiger partial charge in [-0.25, -0.2) is 0 Å². The fourth-order valence-corrected chi connectivity index (χ4v) is 3.13. The number of hydrogen-bond acceptors (Lipinski definition) is 3. The van der Waals surface area contributed by atoms with Crippen LogP contribution in [0.2, 0.25) is 0 Å². The molecular formula is C17H23N3O. The summed E-state index contributed by atoms with van der Waals surface area (Å²) in [6.07, 6.45) is 2.79. The number of rotatable bonds is 4. The van der Waals surface area contributed by atoms with Gasteiger partial charge in [-0.3, -0.25) is 4.68 Å². The molecule has 1 aliphatic rings. The van der Waals surface area contributed by atoms with E-state index in [1.165, 1.54) is 11.3 Å². The van der Waals surface area contributed by atoms with Crippen LogP contribution >= 0.6 is 0 Å². The second-order valence-corrected chi connectivity index (χ2v) is 5.75. The van der Waals surface area contributed by atoms with Crippen molar-refractivity contribution in [1.82, 2.24) is 9.78 Å². The second kappa shape index (κ2) is 5.90. The van der Waals surface area contributed by atoms with Crippen molar-refractivity contribution < 1.29 is 4.74 Å². The molecule has 0 spiro atoms. The molecule has 21 heavy (non-hydrogen) atoms. The third-order valence-corrected chi connectivity index (χ3v) is 4.36. The Labute approximate surface area is 125 Å². The van der Waals surface area contributed by atoms with Crippen molar-refractivity contribution in [1.29, 1.82) is 0 Å². The molecule has 112 valence electrons. The van der Waals surface area contributed by atoms with E-state index < -0.39 is 0 Å². The van der Waals surface area contributed by atoms with E-state index in [1.807, 2.05) is 23.9 Å².